The van der Waals surface area contributed by atoms with Crippen LogP contribution in [0.3, 0.4) is 0 Å². The average molecular weight is 285 g/mol. The molecule has 1 N–H and O–H groups in total. The van der Waals surface area contributed by atoms with E-state index < -0.39 is 0 Å². The third-order valence-corrected chi connectivity index (χ3v) is 3.10. The fraction of sp³-hybridized carbons (Fsp3) is 0.312. The summed E-state index contributed by atoms with van der Waals surface area (Å²) in [4.78, 5) is 20.4. The summed E-state index contributed by atoms with van der Waals surface area (Å²) in [6, 6.07) is 10.0. The predicted octanol–water partition coefficient (Wildman–Crippen LogP) is 3.01. The van der Waals surface area contributed by atoms with Crippen molar-refractivity contribution in [1.29, 1.82) is 0 Å². The van der Waals surface area contributed by atoms with Gasteiger partial charge in [0.2, 0.25) is 5.91 Å². The molecule has 1 heterocycles. The van der Waals surface area contributed by atoms with Crippen LogP contribution in [-0.2, 0) is 4.79 Å². The topological polar surface area (TPSA) is 64.1 Å². The molecule has 1 unspecified atom stereocenters. The maximum atomic E-state index is 12.4. The van der Waals surface area contributed by atoms with E-state index in [1.165, 1.54) is 0 Å². The number of nitrogens with zero attached hydrogens (tertiary/aromatic N) is 2. The van der Waals surface area contributed by atoms with Crippen molar-refractivity contribution in [2.45, 2.75) is 26.2 Å². The van der Waals surface area contributed by atoms with Crippen molar-refractivity contribution in [1.82, 2.24) is 9.97 Å². The SMILES string of the molecule is CCOc1ncc(NC(=O)C(CC)c2ccccc2)cn1. The van der Waals surface area contributed by atoms with E-state index >= 15 is 0 Å². The van der Waals surface area contributed by atoms with Gasteiger partial charge in [-0.25, -0.2) is 9.97 Å². The molecule has 1 aromatic carbocycles. The van der Waals surface area contributed by atoms with Gasteiger partial charge in [-0.2, -0.15) is 0 Å². The number of benzene rings is 1. The lowest BCUT2D eigenvalue weighted by atomic mass is 9.95. The van der Waals surface area contributed by atoms with Gasteiger partial charge < -0.3 is 10.1 Å². The number of hydrogen-bond acceptors (Lipinski definition) is 4. The van der Waals surface area contributed by atoms with Gasteiger partial charge in [0, 0.05) is 0 Å². The number of nitrogens with one attached hydrogen (secondary N) is 1. The van der Waals surface area contributed by atoms with Crippen molar-refractivity contribution in [2.24, 2.45) is 0 Å². The zero-order chi connectivity index (χ0) is 15.1. The minimum atomic E-state index is -0.183. The molecule has 2 aromatic rings. The number of carbonyl (C=O) groups excluding carboxylic acids is 1. The zero-order valence-electron chi connectivity index (χ0n) is 12.2. The van der Waals surface area contributed by atoms with E-state index in [-0.39, 0.29) is 11.8 Å². The molecular weight excluding hydrogens is 266 g/mol. The lowest BCUT2D eigenvalue weighted by Gasteiger charge is -2.15. The minimum absolute atomic E-state index is 0.0588. The first-order chi connectivity index (χ1) is 10.2. The summed E-state index contributed by atoms with van der Waals surface area (Å²) in [6.45, 7) is 4.37. The molecule has 1 aromatic heterocycles. The second kappa shape index (κ2) is 7.38. The first-order valence-corrected chi connectivity index (χ1v) is 7.05. The molecule has 0 radical (unpaired) electrons. The van der Waals surface area contributed by atoms with Gasteiger partial charge in [0.25, 0.3) is 0 Å². The van der Waals surface area contributed by atoms with E-state index in [0.29, 0.717) is 18.3 Å². The van der Waals surface area contributed by atoms with E-state index in [2.05, 4.69) is 15.3 Å². The summed E-state index contributed by atoms with van der Waals surface area (Å²) in [5.41, 5.74) is 1.57. The Labute approximate surface area is 124 Å². The zero-order valence-corrected chi connectivity index (χ0v) is 12.2. The van der Waals surface area contributed by atoms with Gasteiger partial charge >= 0.3 is 6.01 Å². The molecule has 2 rings (SSSR count). The monoisotopic (exact) mass is 285 g/mol. The molecule has 0 aliphatic carbocycles. The maximum absolute atomic E-state index is 12.4. The lowest BCUT2D eigenvalue weighted by molar-refractivity contribution is -0.117. The van der Waals surface area contributed by atoms with Gasteiger partial charge in [-0.1, -0.05) is 37.3 Å². The van der Waals surface area contributed by atoms with Crippen molar-refractivity contribution in [3.8, 4) is 6.01 Å². The second-order valence-electron chi connectivity index (χ2n) is 4.55. The van der Waals surface area contributed by atoms with Crippen molar-refractivity contribution in [3.63, 3.8) is 0 Å². The second-order valence-corrected chi connectivity index (χ2v) is 4.55. The normalized spacial score (nSPS) is 11.7. The summed E-state index contributed by atoms with van der Waals surface area (Å²) in [5.74, 6) is -0.241. The van der Waals surface area contributed by atoms with Crippen LogP contribution in [0.5, 0.6) is 6.01 Å². The summed E-state index contributed by atoms with van der Waals surface area (Å²) >= 11 is 0. The first kappa shape index (κ1) is 15.0. The fourth-order valence-corrected chi connectivity index (χ4v) is 2.07. The Bertz CT molecular complexity index is 570. The summed E-state index contributed by atoms with van der Waals surface area (Å²) in [5, 5.41) is 2.84. The molecule has 21 heavy (non-hydrogen) atoms. The van der Waals surface area contributed by atoms with Crippen molar-refractivity contribution < 1.29 is 9.53 Å². The highest BCUT2D eigenvalue weighted by Gasteiger charge is 2.18. The summed E-state index contributed by atoms with van der Waals surface area (Å²) < 4.78 is 5.17. The van der Waals surface area contributed by atoms with Gasteiger partial charge in [-0.05, 0) is 18.9 Å². The fourth-order valence-electron chi connectivity index (χ4n) is 2.07. The molecular formula is C16H19N3O2. The molecule has 0 spiro atoms. The summed E-state index contributed by atoms with van der Waals surface area (Å²) in [7, 11) is 0. The van der Waals surface area contributed by atoms with Gasteiger partial charge in [0.05, 0.1) is 30.6 Å². The van der Waals surface area contributed by atoms with E-state index in [0.717, 1.165) is 12.0 Å². The third-order valence-electron chi connectivity index (χ3n) is 3.10. The highest BCUT2D eigenvalue weighted by atomic mass is 16.5. The number of carbonyl (C=O) groups is 1. The van der Waals surface area contributed by atoms with Gasteiger partial charge in [-0.3, -0.25) is 4.79 Å². The largest absolute Gasteiger partial charge is 0.464 e. The molecule has 0 fully saturated rings. The molecule has 0 aliphatic rings. The van der Waals surface area contributed by atoms with E-state index in [1.54, 1.807) is 12.4 Å². The highest BCUT2D eigenvalue weighted by Crippen LogP contribution is 2.21. The minimum Gasteiger partial charge on any atom is -0.464 e. The molecule has 5 heteroatoms. The van der Waals surface area contributed by atoms with E-state index in [4.69, 9.17) is 4.74 Å². The van der Waals surface area contributed by atoms with Crippen LogP contribution in [0.4, 0.5) is 5.69 Å². The van der Waals surface area contributed by atoms with Crippen LogP contribution in [0.25, 0.3) is 0 Å². The van der Waals surface area contributed by atoms with Crippen LogP contribution < -0.4 is 10.1 Å². The Hall–Kier alpha value is -2.43. The maximum Gasteiger partial charge on any atom is 0.316 e. The summed E-state index contributed by atoms with van der Waals surface area (Å²) in [6.07, 6.45) is 3.83. The number of hydrogen-bond donors (Lipinski definition) is 1. The van der Waals surface area contributed by atoms with Crippen molar-refractivity contribution in [2.75, 3.05) is 11.9 Å². The number of rotatable bonds is 6. The molecule has 0 aliphatic heterocycles. The van der Waals surface area contributed by atoms with Gasteiger partial charge in [0.15, 0.2) is 0 Å². The van der Waals surface area contributed by atoms with Crippen LogP contribution in [0, 0.1) is 0 Å². The molecule has 0 saturated carbocycles. The standard InChI is InChI=1S/C16H19N3O2/c1-3-14(12-8-6-5-7-9-12)15(20)19-13-10-17-16(18-11-13)21-4-2/h5-11,14H,3-4H2,1-2H3,(H,19,20). The molecule has 1 atom stereocenters. The van der Waals surface area contributed by atoms with E-state index in [9.17, 15) is 4.79 Å². The number of ether oxygens (including phenoxy) is 1. The third kappa shape index (κ3) is 4.02. The van der Waals surface area contributed by atoms with Gasteiger partial charge in [-0.15, -0.1) is 0 Å². The smallest absolute Gasteiger partial charge is 0.316 e. The molecule has 110 valence electrons. The molecule has 0 saturated heterocycles. The highest BCUT2D eigenvalue weighted by molar-refractivity contribution is 5.95. The number of anilines is 1. The van der Waals surface area contributed by atoms with Crippen molar-refractivity contribution in [3.05, 3.63) is 48.3 Å². The van der Waals surface area contributed by atoms with Crippen LogP contribution in [0.2, 0.25) is 0 Å². The average Bonchev–Trinajstić information content (AvgIpc) is 2.51. The first-order valence-electron chi connectivity index (χ1n) is 7.05. The van der Waals surface area contributed by atoms with E-state index in [1.807, 2.05) is 44.2 Å². The number of aromatic nitrogens is 2. The molecule has 0 bridgehead atoms. The molecule has 5 nitrogen and oxygen atoms in total. The van der Waals surface area contributed by atoms with Crippen LogP contribution in [0.1, 0.15) is 31.7 Å². The quantitative estimate of drug-likeness (QED) is 0.886. The van der Waals surface area contributed by atoms with Crippen LogP contribution >= 0.6 is 0 Å². The van der Waals surface area contributed by atoms with Crippen LogP contribution in [-0.4, -0.2) is 22.5 Å². The predicted molar refractivity (Wildman–Crippen MR) is 81.3 cm³/mol. The Kier molecular flexibility index (Phi) is 5.26. The Morgan fingerprint density at radius 2 is 1.86 bits per heavy atom. The molecule has 1 amide bonds. The number of amides is 1. The Balaban J connectivity index is 2.05. The van der Waals surface area contributed by atoms with Gasteiger partial charge in [0.1, 0.15) is 0 Å². The Morgan fingerprint density at radius 3 is 2.43 bits per heavy atom. The lowest BCUT2D eigenvalue weighted by Crippen LogP contribution is -2.20. The van der Waals surface area contributed by atoms with Crippen molar-refractivity contribution >= 4 is 11.6 Å². The van der Waals surface area contributed by atoms with Crippen LogP contribution in [0.15, 0.2) is 42.7 Å². The Morgan fingerprint density at radius 1 is 1.19 bits per heavy atom.